The van der Waals surface area contributed by atoms with Gasteiger partial charge in [-0.1, -0.05) is 0 Å². The minimum absolute atomic E-state index is 0.395. The first-order chi connectivity index (χ1) is 8.92. The number of rotatable bonds is 1. The summed E-state index contributed by atoms with van der Waals surface area (Å²) < 4.78 is 103. The van der Waals surface area contributed by atoms with Gasteiger partial charge in [0.05, 0.1) is 23.6 Å². The number of hydrogen-bond donors (Lipinski definition) is 0. The van der Waals surface area contributed by atoms with E-state index in [0.29, 0.717) is 6.92 Å². The van der Waals surface area contributed by atoms with Crippen LogP contribution in [0.3, 0.4) is 0 Å². The van der Waals surface area contributed by atoms with Crippen molar-refractivity contribution in [2.75, 3.05) is 0 Å². The lowest BCUT2D eigenvalue weighted by Crippen LogP contribution is -2.21. The fraction of sp³-hybridized carbons (Fsp3) is 0.364. The third-order valence-corrected chi connectivity index (χ3v) is 2.53. The summed E-state index contributed by atoms with van der Waals surface area (Å²) in [5.41, 5.74) is -7.45. The molecule has 1 nitrogen and oxygen atoms in total. The molecule has 0 aromatic heterocycles. The van der Waals surface area contributed by atoms with Crippen LogP contribution in [-0.4, -0.2) is 0 Å². The summed E-state index contributed by atoms with van der Waals surface area (Å²) in [7, 11) is 0. The third kappa shape index (κ3) is 2.69. The molecule has 110 valence electrons. The fourth-order valence-corrected chi connectivity index (χ4v) is 1.73. The van der Waals surface area contributed by atoms with Crippen molar-refractivity contribution in [3.8, 4) is 6.07 Å². The zero-order valence-corrected chi connectivity index (χ0v) is 9.68. The lowest BCUT2D eigenvalue weighted by Gasteiger charge is -2.19. The van der Waals surface area contributed by atoms with E-state index in [1.807, 2.05) is 0 Å². The van der Waals surface area contributed by atoms with E-state index in [0.717, 1.165) is 6.07 Å². The largest absolute Gasteiger partial charge is 0.419 e. The highest BCUT2D eigenvalue weighted by Gasteiger charge is 2.45. The number of nitriles is 1. The second-order valence-electron chi connectivity index (χ2n) is 3.81. The molecule has 0 amide bonds. The smallest absolute Gasteiger partial charge is 0.206 e. The molecule has 0 N–H and O–H groups in total. The van der Waals surface area contributed by atoms with Crippen molar-refractivity contribution in [1.82, 2.24) is 0 Å². The van der Waals surface area contributed by atoms with Gasteiger partial charge in [0.1, 0.15) is 11.6 Å². The van der Waals surface area contributed by atoms with Crippen molar-refractivity contribution in [2.24, 2.45) is 0 Å². The zero-order chi connectivity index (χ0) is 15.9. The van der Waals surface area contributed by atoms with Gasteiger partial charge in [0.15, 0.2) is 0 Å². The molecule has 0 aliphatic carbocycles. The van der Waals surface area contributed by atoms with Crippen LogP contribution in [0.1, 0.15) is 22.3 Å². The number of alkyl halides is 6. The summed E-state index contributed by atoms with van der Waals surface area (Å²) in [5.74, 6) is -4.50. The van der Waals surface area contributed by atoms with Gasteiger partial charge in [0, 0.05) is 11.1 Å². The van der Waals surface area contributed by atoms with E-state index in [9.17, 15) is 35.1 Å². The van der Waals surface area contributed by atoms with Gasteiger partial charge in [-0.25, -0.2) is 8.78 Å². The number of halogens is 8. The molecule has 0 spiro atoms. The van der Waals surface area contributed by atoms with Gasteiger partial charge in [-0.05, 0) is 6.92 Å². The van der Waals surface area contributed by atoms with E-state index < -0.39 is 52.7 Å². The lowest BCUT2D eigenvalue weighted by molar-refractivity contribution is -0.146. The number of nitrogens with zero attached hydrogens (tertiary/aromatic N) is 1. The van der Waals surface area contributed by atoms with Crippen LogP contribution in [0.2, 0.25) is 0 Å². The van der Waals surface area contributed by atoms with Crippen molar-refractivity contribution >= 4 is 0 Å². The first-order valence-electron chi connectivity index (χ1n) is 4.94. The zero-order valence-electron chi connectivity index (χ0n) is 9.68. The predicted molar refractivity (Wildman–Crippen MR) is 50.4 cm³/mol. The van der Waals surface area contributed by atoms with E-state index in [1.165, 1.54) is 0 Å². The van der Waals surface area contributed by atoms with Crippen molar-refractivity contribution < 1.29 is 35.1 Å². The minimum Gasteiger partial charge on any atom is -0.206 e. The van der Waals surface area contributed by atoms with Gasteiger partial charge in [-0.3, -0.25) is 0 Å². The maximum Gasteiger partial charge on any atom is 0.419 e. The first kappa shape index (κ1) is 16.2. The molecule has 0 saturated carbocycles. The quantitative estimate of drug-likeness (QED) is 0.706. The molecule has 0 atom stereocenters. The van der Waals surface area contributed by atoms with E-state index in [2.05, 4.69) is 0 Å². The molecule has 0 aliphatic rings. The molecule has 20 heavy (non-hydrogen) atoms. The highest BCUT2D eigenvalue weighted by molar-refractivity contribution is 5.45. The van der Waals surface area contributed by atoms with E-state index in [4.69, 9.17) is 5.26 Å². The molecule has 1 aromatic rings. The molecule has 0 saturated heterocycles. The Bertz CT molecular complexity index is 576. The molecule has 0 radical (unpaired) electrons. The summed E-state index contributed by atoms with van der Waals surface area (Å²) >= 11 is 0. The van der Waals surface area contributed by atoms with Crippen LogP contribution in [0.4, 0.5) is 35.1 Å². The summed E-state index contributed by atoms with van der Waals surface area (Å²) in [6.07, 6.45) is -12.1. The van der Waals surface area contributed by atoms with Crippen molar-refractivity contribution in [3.63, 3.8) is 0 Å². The number of benzene rings is 1. The molecule has 0 bridgehead atoms. The molecule has 9 heteroatoms. The SMILES string of the molecule is Cc1c(F)c(C(F)(F)F)c(CC#N)c(F)c1C(F)(F)F. The lowest BCUT2D eigenvalue weighted by atomic mass is 9.94. The summed E-state index contributed by atoms with van der Waals surface area (Å²) in [6, 6.07) is 1.09. The molecule has 0 heterocycles. The van der Waals surface area contributed by atoms with Gasteiger partial charge in [0.25, 0.3) is 0 Å². The van der Waals surface area contributed by atoms with E-state index in [-0.39, 0.29) is 0 Å². The molecule has 1 aromatic carbocycles. The third-order valence-electron chi connectivity index (χ3n) is 2.53. The van der Waals surface area contributed by atoms with Crippen LogP contribution in [0.15, 0.2) is 0 Å². The van der Waals surface area contributed by atoms with Gasteiger partial charge >= 0.3 is 12.4 Å². The second kappa shape index (κ2) is 4.92. The average Bonchev–Trinajstić information content (AvgIpc) is 2.22. The molecule has 0 aliphatic heterocycles. The average molecular weight is 303 g/mol. The predicted octanol–water partition coefficient (Wildman–Crippen LogP) is 4.38. The summed E-state index contributed by atoms with van der Waals surface area (Å²) in [6.45, 7) is 0.395. The van der Waals surface area contributed by atoms with Gasteiger partial charge in [0.2, 0.25) is 0 Å². The van der Waals surface area contributed by atoms with E-state index >= 15 is 0 Å². The minimum atomic E-state index is -5.41. The molecule has 1 rings (SSSR count). The molecular formula is C11H5F8N. The first-order valence-corrected chi connectivity index (χ1v) is 4.94. The molecule has 0 fully saturated rings. The van der Waals surface area contributed by atoms with Crippen LogP contribution in [0, 0.1) is 29.9 Å². The Morgan fingerprint density at radius 3 is 1.70 bits per heavy atom. The maximum absolute atomic E-state index is 13.6. The Hall–Kier alpha value is -1.85. The highest BCUT2D eigenvalue weighted by Crippen LogP contribution is 2.42. The Morgan fingerprint density at radius 1 is 0.900 bits per heavy atom. The highest BCUT2D eigenvalue weighted by atomic mass is 19.4. The maximum atomic E-state index is 13.6. The van der Waals surface area contributed by atoms with Gasteiger partial charge < -0.3 is 0 Å². The van der Waals surface area contributed by atoms with Gasteiger partial charge in [-0.2, -0.15) is 31.6 Å². The summed E-state index contributed by atoms with van der Waals surface area (Å²) in [5, 5.41) is 8.30. The Kier molecular flexibility index (Phi) is 3.99. The monoisotopic (exact) mass is 303 g/mol. The topological polar surface area (TPSA) is 23.8 Å². The van der Waals surface area contributed by atoms with Crippen LogP contribution in [-0.2, 0) is 18.8 Å². The Labute approximate surface area is 107 Å². The van der Waals surface area contributed by atoms with Crippen LogP contribution >= 0.6 is 0 Å². The van der Waals surface area contributed by atoms with Crippen molar-refractivity contribution in [3.05, 3.63) is 33.9 Å². The fourth-order valence-electron chi connectivity index (χ4n) is 1.73. The van der Waals surface area contributed by atoms with Gasteiger partial charge in [-0.15, -0.1) is 0 Å². The Balaban J connectivity index is 3.89. The van der Waals surface area contributed by atoms with Crippen LogP contribution in [0.5, 0.6) is 0 Å². The molecule has 0 unspecified atom stereocenters. The van der Waals surface area contributed by atoms with E-state index in [1.54, 1.807) is 0 Å². The summed E-state index contributed by atoms with van der Waals surface area (Å²) in [4.78, 5) is 0. The van der Waals surface area contributed by atoms with Crippen molar-refractivity contribution in [1.29, 1.82) is 5.26 Å². The van der Waals surface area contributed by atoms with Crippen LogP contribution < -0.4 is 0 Å². The normalized spacial score (nSPS) is 12.4. The van der Waals surface area contributed by atoms with Crippen LogP contribution in [0.25, 0.3) is 0 Å². The van der Waals surface area contributed by atoms with Crippen molar-refractivity contribution in [2.45, 2.75) is 25.7 Å². The second-order valence-corrected chi connectivity index (χ2v) is 3.81. The number of hydrogen-bond acceptors (Lipinski definition) is 1. The molecular weight excluding hydrogens is 298 g/mol. The standard InChI is InChI=1S/C11H5F8N/c1-4-6(10(14,15)16)9(13)5(2-3-20)7(8(4)12)11(17,18)19/h2H2,1H3. The Morgan fingerprint density at radius 2 is 1.35 bits per heavy atom.